The Kier molecular flexibility index (Phi) is 4.35. The van der Waals surface area contributed by atoms with Gasteiger partial charge in [-0.15, -0.1) is 0 Å². The summed E-state index contributed by atoms with van der Waals surface area (Å²) in [6.07, 6.45) is -4.11. The van der Waals surface area contributed by atoms with E-state index in [1.54, 1.807) is 0 Å². The number of hydrogen-bond donors (Lipinski definition) is 4. The molecule has 0 saturated heterocycles. The molecule has 1 rings (SSSR count). The van der Waals surface area contributed by atoms with E-state index in [1.807, 2.05) is 0 Å². The van der Waals surface area contributed by atoms with Crippen LogP contribution in [0.3, 0.4) is 0 Å². The summed E-state index contributed by atoms with van der Waals surface area (Å²) >= 11 is 0. The lowest BCUT2D eigenvalue weighted by molar-refractivity contribution is -0.121. The van der Waals surface area contributed by atoms with Gasteiger partial charge in [0.1, 0.15) is 11.9 Å². The lowest BCUT2D eigenvalue weighted by Gasteiger charge is -2.19. The summed E-state index contributed by atoms with van der Waals surface area (Å²) in [6, 6.07) is 3.19. The third kappa shape index (κ3) is 3.02. The van der Waals surface area contributed by atoms with E-state index in [9.17, 15) is 24.2 Å². The zero-order chi connectivity index (χ0) is 13.9. The average Bonchev–Trinajstić information content (AvgIpc) is 2.26. The lowest BCUT2D eigenvalue weighted by Crippen LogP contribution is -2.27. The van der Waals surface area contributed by atoms with Crippen molar-refractivity contribution in [3.63, 3.8) is 0 Å². The van der Waals surface area contributed by atoms with Crippen LogP contribution in [0.5, 0.6) is 0 Å². The number of rotatable bonds is 5. The highest BCUT2D eigenvalue weighted by molar-refractivity contribution is 5.89. The molecular formula is C11H12FNO5. The van der Waals surface area contributed by atoms with Gasteiger partial charge in [0.05, 0.1) is 18.1 Å². The summed E-state index contributed by atoms with van der Waals surface area (Å²) in [4.78, 5) is 21.5. The third-order valence-corrected chi connectivity index (χ3v) is 2.35. The summed E-state index contributed by atoms with van der Waals surface area (Å²) < 4.78 is 13.5. The van der Waals surface area contributed by atoms with Crippen LogP contribution in [0.2, 0.25) is 0 Å². The van der Waals surface area contributed by atoms with Crippen molar-refractivity contribution in [1.29, 1.82) is 0 Å². The highest BCUT2D eigenvalue weighted by atomic mass is 19.1. The summed E-state index contributed by atoms with van der Waals surface area (Å²) in [7, 11) is 0. The Morgan fingerprint density at radius 1 is 1.33 bits per heavy atom. The fraction of sp³-hybridized carbons (Fsp3) is 0.273. The first-order valence-electron chi connectivity index (χ1n) is 5.00. The van der Waals surface area contributed by atoms with Gasteiger partial charge in [0.15, 0.2) is 0 Å². The fourth-order valence-corrected chi connectivity index (χ4v) is 1.53. The average molecular weight is 257 g/mol. The topological polar surface area (TPSA) is 121 Å². The van der Waals surface area contributed by atoms with Gasteiger partial charge in [-0.1, -0.05) is 6.07 Å². The molecule has 0 aliphatic heterocycles. The van der Waals surface area contributed by atoms with E-state index in [4.69, 9.17) is 10.8 Å². The molecule has 0 aromatic heterocycles. The van der Waals surface area contributed by atoms with Crippen molar-refractivity contribution in [3.8, 4) is 0 Å². The van der Waals surface area contributed by atoms with Crippen LogP contribution < -0.4 is 5.73 Å². The first kappa shape index (κ1) is 14.1. The van der Waals surface area contributed by atoms with Crippen LogP contribution in [-0.2, 0) is 4.79 Å². The molecule has 6 nitrogen and oxygen atoms in total. The number of carbonyl (C=O) groups is 2. The number of carbonyl (C=O) groups excluding carboxylic acids is 1. The largest absolute Gasteiger partial charge is 0.478 e. The molecule has 2 atom stereocenters. The van der Waals surface area contributed by atoms with E-state index in [0.717, 1.165) is 18.2 Å². The Bertz CT molecular complexity index is 477. The molecule has 0 spiro atoms. The maximum Gasteiger partial charge on any atom is 0.336 e. The molecule has 0 fully saturated rings. The maximum atomic E-state index is 13.5. The zero-order valence-corrected chi connectivity index (χ0v) is 9.21. The Morgan fingerprint density at radius 3 is 2.44 bits per heavy atom. The van der Waals surface area contributed by atoms with Gasteiger partial charge < -0.3 is 21.1 Å². The number of halogens is 1. The van der Waals surface area contributed by atoms with Crippen molar-refractivity contribution in [1.82, 2.24) is 0 Å². The molecule has 0 aliphatic carbocycles. The monoisotopic (exact) mass is 257 g/mol. The fourth-order valence-electron chi connectivity index (χ4n) is 1.53. The summed E-state index contributed by atoms with van der Waals surface area (Å²) in [6.45, 7) is 0. The number of amides is 1. The Hall–Kier alpha value is -1.99. The van der Waals surface area contributed by atoms with Crippen LogP contribution in [0.4, 0.5) is 4.39 Å². The minimum atomic E-state index is -1.84. The van der Waals surface area contributed by atoms with E-state index in [0.29, 0.717) is 0 Å². The van der Waals surface area contributed by atoms with Crippen molar-refractivity contribution < 1.29 is 29.3 Å². The van der Waals surface area contributed by atoms with E-state index in [-0.39, 0.29) is 0 Å². The van der Waals surface area contributed by atoms with E-state index < -0.39 is 47.4 Å². The van der Waals surface area contributed by atoms with Gasteiger partial charge in [-0.3, -0.25) is 4.79 Å². The normalized spacial score (nSPS) is 13.9. The predicted molar refractivity (Wildman–Crippen MR) is 58.1 cm³/mol. The molecule has 0 aliphatic rings. The molecule has 1 aromatic carbocycles. The van der Waals surface area contributed by atoms with Gasteiger partial charge in [-0.05, 0) is 12.1 Å². The minimum absolute atomic E-state index is 0.481. The van der Waals surface area contributed by atoms with Gasteiger partial charge in [-0.2, -0.15) is 0 Å². The molecule has 0 heterocycles. The van der Waals surface area contributed by atoms with Gasteiger partial charge in [0.25, 0.3) is 0 Å². The molecule has 18 heavy (non-hydrogen) atoms. The number of carboxylic acid groups (broad SMARTS) is 1. The molecule has 2 unspecified atom stereocenters. The van der Waals surface area contributed by atoms with Gasteiger partial charge in [0.2, 0.25) is 5.91 Å². The van der Waals surface area contributed by atoms with Crippen molar-refractivity contribution in [2.24, 2.45) is 5.73 Å². The Morgan fingerprint density at radius 2 is 1.94 bits per heavy atom. The minimum Gasteiger partial charge on any atom is -0.478 e. The van der Waals surface area contributed by atoms with Crippen molar-refractivity contribution >= 4 is 11.9 Å². The van der Waals surface area contributed by atoms with E-state index in [2.05, 4.69) is 0 Å². The number of primary amides is 1. The van der Waals surface area contributed by atoms with E-state index >= 15 is 0 Å². The van der Waals surface area contributed by atoms with Gasteiger partial charge in [0, 0.05) is 5.56 Å². The maximum absolute atomic E-state index is 13.5. The molecule has 0 saturated carbocycles. The molecule has 1 aromatic rings. The molecule has 0 bridgehead atoms. The van der Waals surface area contributed by atoms with Crippen LogP contribution in [0, 0.1) is 5.82 Å². The summed E-state index contributed by atoms with van der Waals surface area (Å²) in [5.74, 6) is -3.32. The summed E-state index contributed by atoms with van der Waals surface area (Å²) in [5.41, 5.74) is 3.77. The molecular weight excluding hydrogens is 245 g/mol. The van der Waals surface area contributed by atoms with Crippen molar-refractivity contribution in [2.45, 2.75) is 18.6 Å². The van der Waals surface area contributed by atoms with Crippen LogP contribution in [0.1, 0.15) is 28.4 Å². The number of benzene rings is 1. The van der Waals surface area contributed by atoms with Gasteiger partial charge in [-0.25, -0.2) is 9.18 Å². The first-order valence-corrected chi connectivity index (χ1v) is 5.00. The molecule has 0 radical (unpaired) electrons. The molecule has 7 heteroatoms. The van der Waals surface area contributed by atoms with Crippen molar-refractivity contribution in [3.05, 3.63) is 35.1 Å². The highest BCUT2D eigenvalue weighted by Crippen LogP contribution is 2.25. The molecule has 98 valence electrons. The third-order valence-electron chi connectivity index (χ3n) is 2.35. The summed E-state index contributed by atoms with van der Waals surface area (Å²) in [5, 5.41) is 28.0. The second-order valence-electron chi connectivity index (χ2n) is 3.69. The number of aliphatic hydroxyl groups is 2. The second kappa shape index (κ2) is 5.56. The van der Waals surface area contributed by atoms with Crippen LogP contribution >= 0.6 is 0 Å². The number of nitrogens with two attached hydrogens (primary N) is 1. The standard InChI is InChI=1S/C11H12FNO5/c12-6-3-1-2-5(11(17)18)9(6)10(16)7(14)4-8(13)15/h1-3,7,10,14,16H,4H2,(H2,13,15)(H,17,18). The first-order chi connectivity index (χ1) is 8.34. The van der Waals surface area contributed by atoms with E-state index in [1.165, 1.54) is 0 Å². The lowest BCUT2D eigenvalue weighted by atomic mass is 9.96. The highest BCUT2D eigenvalue weighted by Gasteiger charge is 2.27. The van der Waals surface area contributed by atoms with Crippen LogP contribution in [-0.4, -0.2) is 33.3 Å². The number of hydrogen-bond acceptors (Lipinski definition) is 4. The Balaban J connectivity index is 3.15. The smallest absolute Gasteiger partial charge is 0.336 e. The number of aromatic carboxylic acids is 1. The second-order valence-corrected chi connectivity index (χ2v) is 3.69. The molecule has 1 amide bonds. The predicted octanol–water partition coefficient (Wildman–Crippen LogP) is -0.206. The number of aliphatic hydroxyl groups excluding tert-OH is 2. The number of carboxylic acids is 1. The molecule has 5 N–H and O–H groups in total. The Labute approximate surface area is 101 Å². The van der Waals surface area contributed by atoms with Crippen LogP contribution in [0.25, 0.3) is 0 Å². The van der Waals surface area contributed by atoms with Crippen molar-refractivity contribution in [2.75, 3.05) is 0 Å². The van der Waals surface area contributed by atoms with Crippen LogP contribution in [0.15, 0.2) is 18.2 Å². The SMILES string of the molecule is NC(=O)CC(O)C(O)c1c(F)cccc1C(=O)O. The van der Waals surface area contributed by atoms with Gasteiger partial charge >= 0.3 is 5.97 Å². The quantitative estimate of drug-likeness (QED) is 0.581. The zero-order valence-electron chi connectivity index (χ0n) is 9.21.